The third-order valence-electron chi connectivity index (χ3n) is 3.54. The fourth-order valence-corrected chi connectivity index (χ4v) is 4.77. The Morgan fingerprint density at radius 2 is 2.19 bits per heavy atom. The molecule has 0 saturated carbocycles. The average Bonchev–Trinajstić information content (AvgIpc) is 3.03. The molecule has 1 N–H and O–H groups in total. The molecule has 0 radical (unpaired) electrons. The zero-order valence-corrected chi connectivity index (χ0v) is 16.8. The topological polar surface area (TPSA) is 64.0 Å². The molecule has 0 fully saturated rings. The molecule has 2 aromatic heterocycles. The summed E-state index contributed by atoms with van der Waals surface area (Å²) in [4.78, 5) is 29.7. The zero-order valence-electron chi connectivity index (χ0n) is 13.6. The predicted molar refractivity (Wildman–Crippen MR) is 107 cm³/mol. The highest BCUT2D eigenvalue weighted by Crippen LogP contribution is 2.25. The first-order valence-electron chi connectivity index (χ1n) is 7.76. The van der Waals surface area contributed by atoms with E-state index in [1.165, 1.54) is 27.9 Å². The highest BCUT2D eigenvalue weighted by Gasteiger charge is 2.09. The van der Waals surface area contributed by atoms with Gasteiger partial charge in [0.1, 0.15) is 12.4 Å². The number of halogens is 2. The molecule has 0 bridgehead atoms. The van der Waals surface area contributed by atoms with Gasteiger partial charge in [0.15, 0.2) is 0 Å². The van der Waals surface area contributed by atoms with Gasteiger partial charge in [0.25, 0.3) is 5.56 Å². The number of aromatic nitrogens is 2. The lowest BCUT2D eigenvalue weighted by molar-refractivity contribution is -0.121. The molecule has 0 aliphatic rings. The fourth-order valence-electron chi connectivity index (χ4n) is 2.32. The van der Waals surface area contributed by atoms with Crippen LogP contribution in [0.25, 0.3) is 10.9 Å². The third-order valence-corrected chi connectivity index (χ3v) is 6.36. The second-order valence-electron chi connectivity index (χ2n) is 5.45. The van der Waals surface area contributed by atoms with Crippen molar-refractivity contribution in [2.24, 2.45) is 0 Å². The summed E-state index contributed by atoms with van der Waals surface area (Å²) in [5.41, 5.74) is -0.0213. The van der Waals surface area contributed by atoms with E-state index in [2.05, 4.69) is 32.3 Å². The molecule has 0 saturated heterocycles. The van der Waals surface area contributed by atoms with Crippen molar-refractivity contribution in [1.82, 2.24) is 14.9 Å². The molecule has 5 nitrogen and oxygen atoms in total. The Morgan fingerprint density at radius 1 is 1.35 bits per heavy atom. The highest BCUT2D eigenvalue weighted by molar-refractivity contribution is 9.11. The van der Waals surface area contributed by atoms with E-state index in [4.69, 9.17) is 0 Å². The van der Waals surface area contributed by atoms with Crippen LogP contribution in [0.3, 0.4) is 0 Å². The van der Waals surface area contributed by atoms with Crippen molar-refractivity contribution in [1.29, 1.82) is 0 Å². The van der Waals surface area contributed by atoms with E-state index in [1.54, 1.807) is 23.1 Å². The lowest BCUT2D eigenvalue weighted by Crippen LogP contribution is -2.33. The Kier molecular flexibility index (Phi) is 6.44. The molecule has 0 unspecified atom stereocenters. The van der Waals surface area contributed by atoms with Crippen LogP contribution in [-0.2, 0) is 17.1 Å². The van der Waals surface area contributed by atoms with Crippen molar-refractivity contribution in [2.45, 2.75) is 12.3 Å². The van der Waals surface area contributed by atoms with Gasteiger partial charge in [-0.1, -0.05) is 0 Å². The molecular weight excluding hydrogens is 441 g/mol. The smallest absolute Gasteiger partial charge is 0.261 e. The van der Waals surface area contributed by atoms with Gasteiger partial charge in [0.05, 0.1) is 21.0 Å². The number of carbonyl (C=O) groups excluding carboxylic acids is 1. The molecule has 9 heteroatoms. The van der Waals surface area contributed by atoms with E-state index in [-0.39, 0.29) is 17.8 Å². The maximum Gasteiger partial charge on any atom is 0.261 e. The van der Waals surface area contributed by atoms with Crippen LogP contribution in [0.15, 0.2) is 45.2 Å². The van der Waals surface area contributed by atoms with E-state index < -0.39 is 11.4 Å². The van der Waals surface area contributed by atoms with Gasteiger partial charge in [-0.05, 0) is 46.3 Å². The number of nitrogens with one attached hydrogen (secondary N) is 1. The van der Waals surface area contributed by atoms with Gasteiger partial charge in [0.2, 0.25) is 5.91 Å². The van der Waals surface area contributed by atoms with Gasteiger partial charge in [-0.25, -0.2) is 9.37 Å². The lowest BCUT2D eigenvalue weighted by Gasteiger charge is -2.08. The molecule has 26 heavy (non-hydrogen) atoms. The van der Waals surface area contributed by atoms with Crippen LogP contribution >= 0.6 is 39.0 Å². The number of rotatable bonds is 7. The number of nitrogens with zero attached hydrogens (tertiary/aromatic N) is 2. The Labute approximate surface area is 165 Å². The van der Waals surface area contributed by atoms with Gasteiger partial charge in [0, 0.05) is 22.9 Å². The Bertz CT molecular complexity index is 990. The van der Waals surface area contributed by atoms with Crippen molar-refractivity contribution >= 4 is 55.8 Å². The largest absolute Gasteiger partial charge is 0.354 e. The molecule has 2 heterocycles. The van der Waals surface area contributed by atoms with Crippen LogP contribution in [0.2, 0.25) is 0 Å². The lowest BCUT2D eigenvalue weighted by atomic mass is 10.2. The van der Waals surface area contributed by atoms with Crippen LogP contribution < -0.4 is 10.9 Å². The second kappa shape index (κ2) is 8.79. The molecule has 1 aromatic carbocycles. The van der Waals surface area contributed by atoms with E-state index in [9.17, 15) is 14.0 Å². The Morgan fingerprint density at radius 3 is 2.96 bits per heavy atom. The molecule has 3 rings (SSSR count). The fraction of sp³-hybridized carbons (Fsp3) is 0.235. The minimum Gasteiger partial charge on any atom is -0.354 e. The third kappa shape index (κ3) is 4.93. The molecule has 0 atom stereocenters. The van der Waals surface area contributed by atoms with E-state index in [1.807, 2.05) is 6.07 Å². The van der Waals surface area contributed by atoms with Crippen LogP contribution in [0.1, 0.15) is 4.88 Å². The number of carbonyl (C=O) groups is 1. The first-order chi connectivity index (χ1) is 12.5. The number of hydrogen-bond acceptors (Lipinski definition) is 5. The predicted octanol–water partition coefficient (Wildman–Crippen LogP) is 3.41. The Balaban J connectivity index is 1.49. The van der Waals surface area contributed by atoms with Crippen molar-refractivity contribution in [2.75, 3.05) is 12.3 Å². The van der Waals surface area contributed by atoms with E-state index in [0.29, 0.717) is 12.1 Å². The van der Waals surface area contributed by atoms with Gasteiger partial charge in [-0.15, -0.1) is 11.3 Å². The van der Waals surface area contributed by atoms with Gasteiger partial charge in [-0.3, -0.25) is 14.2 Å². The van der Waals surface area contributed by atoms with E-state index in [0.717, 1.165) is 21.4 Å². The van der Waals surface area contributed by atoms with Crippen LogP contribution in [0.4, 0.5) is 4.39 Å². The maximum atomic E-state index is 13.3. The molecular formula is C17H15BrFN3O2S2. The monoisotopic (exact) mass is 455 g/mol. The van der Waals surface area contributed by atoms with Crippen LogP contribution in [0.5, 0.6) is 0 Å². The summed E-state index contributed by atoms with van der Waals surface area (Å²) in [7, 11) is 0. The minimum atomic E-state index is -0.506. The van der Waals surface area contributed by atoms with E-state index >= 15 is 0 Å². The molecule has 1 amide bonds. The van der Waals surface area contributed by atoms with Gasteiger partial charge < -0.3 is 5.32 Å². The number of hydrogen-bond donors (Lipinski definition) is 1. The average molecular weight is 456 g/mol. The normalized spacial score (nSPS) is 11.0. The highest BCUT2D eigenvalue weighted by atomic mass is 79.9. The molecule has 0 aliphatic heterocycles. The van der Waals surface area contributed by atoms with Gasteiger partial charge >= 0.3 is 0 Å². The zero-order chi connectivity index (χ0) is 18.5. The Hall–Kier alpha value is -1.71. The minimum absolute atomic E-state index is 0.138. The number of benzene rings is 1. The quantitative estimate of drug-likeness (QED) is 0.554. The maximum absolute atomic E-state index is 13.3. The summed E-state index contributed by atoms with van der Waals surface area (Å²) in [6, 6.07) is 7.92. The molecule has 136 valence electrons. The summed E-state index contributed by atoms with van der Waals surface area (Å²) in [5.74, 6) is 0.890. The summed E-state index contributed by atoms with van der Waals surface area (Å²) < 4.78 is 15.6. The summed E-state index contributed by atoms with van der Waals surface area (Å²) >= 11 is 6.85. The number of thiophene rings is 1. The first-order valence-corrected chi connectivity index (χ1v) is 10.5. The SMILES string of the molecule is O=C(Cn1cnc2ccc(F)cc2c1=O)NCCSCc1ccc(Br)s1. The van der Waals surface area contributed by atoms with Crippen molar-refractivity contribution in [3.63, 3.8) is 0 Å². The second-order valence-corrected chi connectivity index (χ2v) is 9.10. The summed E-state index contributed by atoms with van der Waals surface area (Å²) in [6.45, 7) is 0.376. The van der Waals surface area contributed by atoms with Crippen molar-refractivity contribution in [3.8, 4) is 0 Å². The van der Waals surface area contributed by atoms with Crippen LogP contribution in [-0.4, -0.2) is 27.8 Å². The molecule has 3 aromatic rings. The number of fused-ring (bicyclic) bond motifs is 1. The van der Waals surface area contributed by atoms with Crippen LogP contribution in [0, 0.1) is 5.82 Å². The number of amides is 1. The van der Waals surface area contributed by atoms with Gasteiger partial charge in [-0.2, -0.15) is 11.8 Å². The molecule has 0 aliphatic carbocycles. The molecule has 0 spiro atoms. The van der Waals surface area contributed by atoms with Crippen molar-refractivity contribution in [3.05, 3.63) is 61.5 Å². The van der Waals surface area contributed by atoms with Crippen molar-refractivity contribution < 1.29 is 9.18 Å². The summed E-state index contributed by atoms with van der Waals surface area (Å²) in [6.07, 6.45) is 1.31. The first kappa shape index (κ1) is 19.1. The number of thioether (sulfide) groups is 1. The standard InChI is InChI=1S/C17H15BrFN3O2S2/c18-15-4-2-12(26-15)9-25-6-5-20-16(23)8-22-10-21-14-3-1-11(19)7-13(14)17(22)24/h1-4,7,10H,5-6,8-9H2,(H,20,23). The summed E-state index contributed by atoms with van der Waals surface area (Å²) in [5, 5.41) is 2.95.